The van der Waals surface area contributed by atoms with Crippen molar-refractivity contribution in [1.82, 2.24) is 5.43 Å². The van der Waals surface area contributed by atoms with E-state index in [2.05, 4.69) is 15.8 Å². The number of nitrogens with zero attached hydrogens (tertiary/aromatic N) is 1. The summed E-state index contributed by atoms with van der Waals surface area (Å²) in [5.74, 6) is -0.623. The Morgan fingerprint density at radius 1 is 1.14 bits per heavy atom. The van der Waals surface area contributed by atoms with Crippen molar-refractivity contribution in [2.75, 3.05) is 11.9 Å². The van der Waals surface area contributed by atoms with Crippen molar-refractivity contribution in [3.63, 3.8) is 0 Å². The molecule has 0 heterocycles. The Balaban J connectivity index is 1.77. The molecule has 6 heteroatoms. The van der Waals surface area contributed by atoms with Gasteiger partial charge in [-0.3, -0.25) is 4.79 Å². The summed E-state index contributed by atoms with van der Waals surface area (Å²) in [7, 11) is 0. The van der Waals surface area contributed by atoms with Crippen molar-refractivity contribution in [2.24, 2.45) is 5.10 Å². The lowest BCUT2D eigenvalue weighted by molar-refractivity contribution is -0.119. The molecule has 0 saturated carbocycles. The third-order valence-electron chi connectivity index (χ3n) is 2.57. The fraction of sp³-hybridized carbons (Fsp3) is 0.0667. The van der Waals surface area contributed by atoms with E-state index in [1.54, 1.807) is 36.4 Å². The summed E-state index contributed by atoms with van der Waals surface area (Å²) in [6, 6.07) is 12.8. The summed E-state index contributed by atoms with van der Waals surface area (Å²) in [5, 5.41) is 7.33. The smallest absolute Gasteiger partial charge is 0.259 e. The molecule has 0 atom stereocenters. The molecule has 0 aliphatic heterocycles. The molecule has 0 spiro atoms. The van der Waals surface area contributed by atoms with Crippen LogP contribution in [0.2, 0.25) is 5.02 Å². The predicted molar refractivity (Wildman–Crippen MR) is 82.1 cm³/mol. The number of benzene rings is 2. The van der Waals surface area contributed by atoms with Crippen LogP contribution in [0.1, 0.15) is 5.56 Å². The lowest BCUT2D eigenvalue weighted by Gasteiger charge is -2.04. The number of carbonyl (C=O) groups excluding carboxylic acids is 1. The highest BCUT2D eigenvalue weighted by Gasteiger charge is 1.99. The topological polar surface area (TPSA) is 53.5 Å². The van der Waals surface area contributed by atoms with Crippen LogP contribution in [0.4, 0.5) is 10.1 Å². The molecule has 21 heavy (non-hydrogen) atoms. The summed E-state index contributed by atoms with van der Waals surface area (Å²) in [6.45, 7) is 0.0452. The molecule has 1 amide bonds. The quantitative estimate of drug-likeness (QED) is 0.659. The van der Waals surface area contributed by atoms with Crippen molar-refractivity contribution < 1.29 is 9.18 Å². The Kier molecular flexibility index (Phi) is 5.29. The van der Waals surface area contributed by atoms with E-state index in [0.717, 1.165) is 5.56 Å². The molecule has 0 aromatic heterocycles. The number of halogens is 2. The molecule has 4 nitrogen and oxygen atoms in total. The van der Waals surface area contributed by atoms with Crippen LogP contribution in [0.3, 0.4) is 0 Å². The maximum absolute atomic E-state index is 12.7. The number of carbonyl (C=O) groups is 1. The van der Waals surface area contributed by atoms with Gasteiger partial charge in [0.25, 0.3) is 5.91 Å². The van der Waals surface area contributed by atoms with Crippen molar-refractivity contribution in [3.8, 4) is 0 Å². The van der Waals surface area contributed by atoms with Gasteiger partial charge in [0, 0.05) is 10.7 Å². The van der Waals surface area contributed by atoms with Gasteiger partial charge in [-0.2, -0.15) is 5.10 Å². The predicted octanol–water partition coefficient (Wildman–Crippen LogP) is 3.04. The third-order valence-corrected chi connectivity index (χ3v) is 2.82. The molecule has 0 saturated heterocycles. The van der Waals surface area contributed by atoms with Crippen LogP contribution < -0.4 is 10.7 Å². The molecule has 0 unspecified atom stereocenters. The summed E-state index contributed by atoms with van der Waals surface area (Å²) >= 11 is 5.76. The van der Waals surface area contributed by atoms with Crippen molar-refractivity contribution in [1.29, 1.82) is 0 Å². The van der Waals surface area contributed by atoms with Crippen molar-refractivity contribution in [3.05, 3.63) is 64.9 Å². The van der Waals surface area contributed by atoms with Gasteiger partial charge in [-0.25, -0.2) is 9.82 Å². The zero-order chi connectivity index (χ0) is 15.1. The molecular weight excluding hydrogens is 293 g/mol. The number of hydrogen-bond acceptors (Lipinski definition) is 3. The van der Waals surface area contributed by atoms with Gasteiger partial charge in [0.2, 0.25) is 0 Å². The minimum Gasteiger partial charge on any atom is -0.376 e. The standard InChI is InChI=1S/C15H13ClFN3O/c16-12-3-1-11(2-4-12)9-19-20-15(21)10-18-14-7-5-13(17)6-8-14/h1-9,18H,10H2,(H,20,21). The highest BCUT2D eigenvalue weighted by Crippen LogP contribution is 2.08. The maximum Gasteiger partial charge on any atom is 0.259 e. The minimum absolute atomic E-state index is 0.0452. The first kappa shape index (κ1) is 15.0. The second kappa shape index (κ2) is 7.40. The number of amides is 1. The van der Waals surface area contributed by atoms with Gasteiger partial charge >= 0.3 is 0 Å². The molecule has 2 aromatic rings. The highest BCUT2D eigenvalue weighted by molar-refractivity contribution is 6.30. The molecule has 0 aliphatic rings. The number of hydrogen-bond donors (Lipinski definition) is 2. The van der Waals surface area contributed by atoms with Crippen LogP contribution in [-0.2, 0) is 4.79 Å². The molecule has 108 valence electrons. The van der Waals surface area contributed by atoms with Gasteiger partial charge in [0.1, 0.15) is 5.82 Å². The summed E-state index contributed by atoms with van der Waals surface area (Å²) < 4.78 is 12.7. The molecule has 2 aromatic carbocycles. The average molecular weight is 306 g/mol. The summed E-state index contributed by atoms with van der Waals surface area (Å²) in [5.41, 5.74) is 3.87. The highest BCUT2D eigenvalue weighted by atomic mass is 35.5. The number of nitrogens with one attached hydrogen (secondary N) is 2. The zero-order valence-corrected chi connectivity index (χ0v) is 11.8. The molecule has 0 bridgehead atoms. The first-order chi connectivity index (χ1) is 10.1. The normalized spacial score (nSPS) is 10.6. The van der Waals surface area contributed by atoms with Gasteiger partial charge in [-0.1, -0.05) is 23.7 Å². The molecule has 0 fully saturated rings. The lowest BCUT2D eigenvalue weighted by atomic mass is 10.2. The number of anilines is 1. The van der Waals surface area contributed by atoms with E-state index in [4.69, 9.17) is 11.6 Å². The largest absolute Gasteiger partial charge is 0.376 e. The number of rotatable bonds is 5. The minimum atomic E-state index is -0.322. The second-order valence-electron chi connectivity index (χ2n) is 4.21. The summed E-state index contributed by atoms with van der Waals surface area (Å²) in [4.78, 5) is 11.5. The first-order valence-electron chi connectivity index (χ1n) is 6.20. The van der Waals surface area contributed by atoms with Crippen LogP contribution >= 0.6 is 11.6 Å². The van der Waals surface area contributed by atoms with Gasteiger partial charge in [0.05, 0.1) is 12.8 Å². The fourth-order valence-corrected chi connectivity index (χ4v) is 1.64. The SMILES string of the molecule is O=C(CNc1ccc(F)cc1)NN=Cc1ccc(Cl)cc1. The Labute approximate surface area is 126 Å². The van der Waals surface area contributed by atoms with E-state index >= 15 is 0 Å². The van der Waals surface area contributed by atoms with Crippen LogP contribution in [0.5, 0.6) is 0 Å². The van der Waals surface area contributed by atoms with Gasteiger partial charge < -0.3 is 5.32 Å². The van der Waals surface area contributed by atoms with E-state index < -0.39 is 0 Å². The molecule has 2 N–H and O–H groups in total. The monoisotopic (exact) mass is 305 g/mol. The maximum atomic E-state index is 12.7. The van der Waals surface area contributed by atoms with Crippen molar-refractivity contribution >= 4 is 29.4 Å². The Morgan fingerprint density at radius 3 is 2.48 bits per heavy atom. The van der Waals surface area contributed by atoms with E-state index in [0.29, 0.717) is 10.7 Å². The van der Waals surface area contributed by atoms with Gasteiger partial charge in [-0.05, 0) is 42.0 Å². The van der Waals surface area contributed by atoms with E-state index in [-0.39, 0.29) is 18.3 Å². The molecule has 0 aliphatic carbocycles. The third kappa shape index (κ3) is 5.24. The summed E-state index contributed by atoms with van der Waals surface area (Å²) in [6.07, 6.45) is 1.52. The second-order valence-corrected chi connectivity index (χ2v) is 4.64. The Bertz CT molecular complexity index is 626. The lowest BCUT2D eigenvalue weighted by Crippen LogP contribution is -2.25. The van der Waals surface area contributed by atoms with Crippen molar-refractivity contribution in [2.45, 2.75) is 0 Å². The van der Waals surface area contributed by atoms with E-state index in [1.807, 2.05) is 0 Å². The molecule has 0 radical (unpaired) electrons. The van der Waals surface area contributed by atoms with E-state index in [1.165, 1.54) is 18.3 Å². The van der Waals surface area contributed by atoms with Crippen LogP contribution in [0.25, 0.3) is 0 Å². The Hall–Kier alpha value is -2.40. The average Bonchev–Trinajstić information content (AvgIpc) is 2.49. The Morgan fingerprint density at radius 2 is 1.81 bits per heavy atom. The molecule has 2 rings (SSSR count). The first-order valence-corrected chi connectivity index (χ1v) is 6.58. The van der Waals surface area contributed by atoms with Crippen LogP contribution in [0, 0.1) is 5.82 Å². The zero-order valence-electron chi connectivity index (χ0n) is 11.0. The fourth-order valence-electron chi connectivity index (χ4n) is 1.52. The van der Waals surface area contributed by atoms with Crippen LogP contribution in [-0.4, -0.2) is 18.7 Å². The van der Waals surface area contributed by atoms with E-state index in [9.17, 15) is 9.18 Å². The molecular formula is C15H13ClFN3O. The van der Waals surface area contributed by atoms with Gasteiger partial charge in [-0.15, -0.1) is 0 Å². The number of hydrazone groups is 1. The van der Waals surface area contributed by atoms with Gasteiger partial charge in [0.15, 0.2) is 0 Å². The van der Waals surface area contributed by atoms with Crippen LogP contribution in [0.15, 0.2) is 53.6 Å².